The van der Waals surface area contributed by atoms with Gasteiger partial charge in [0.05, 0.1) is 39.8 Å². The minimum Gasteiger partial charge on any atom is -0.493 e. The molecule has 4 N–H and O–H groups in total. The number of fused-ring (bicyclic) bond motifs is 1. The summed E-state index contributed by atoms with van der Waals surface area (Å²) >= 11 is 1.94. The number of carbonyl (C=O) groups is 3. The van der Waals surface area contributed by atoms with E-state index >= 15 is 0 Å². The van der Waals surface area contributed by atoms with Gasteiger partial charge in [0, 0.05) is 17.5 Å². The summed E-state index contributed by atoms with van der Waals surface area (Å²) in [6.07, 6.45) is 0. The SMILES string of the molecule is COc1cc(F)c(NC(=O)Nc2csc(C(=O)O)c2C(=O)O)cc1OCc1c(F)ccc2scnc12. The number of urea groups is 1. The van der Waals surface area contributed by atoms with Gasteiger partial charge >= 0.3 is 18.0 Å². The molecule has 186 valence electrons. The highest BCUT2D eigenvalue weighted by Gasteiger charge is 2.24. The number of carbonyl (C=O) groups excluding carboxylic acids is 1. The van der Waals surface area contributed by atoms with Gasteiger partial charge in [0.25, 0.3) is 0 Å². The van der Waals surface area contributed by atoms with Crippen LogP contribution in [-0.2, 0) is 6.61 Å². The van der Waals surface area contributed by atoms with Gasteiger partial charge in [-0.05, 0) is 12.1 Å². The first kappa shape index (κ1) is 24.8. The molecule has 10 nitrogen and oxygen atoms in total. The molecule has 0 aliphatic rings. The molecule has 0 unspecified atom stereocenters. The van der Waals surface area contributed by atoms with Crippen LogP contribution in [0.3, 0.4) is 0 Å². The van der Waals surface area contributed by atoms with Crippen molar-refractivity contribution in [3.8, 4) is 11.5 Å². The fraction of sp³-hybridized carbons (Fsp3) is 0.0909. The summed E-state index contributed by atoms with van der Waals surface area (Å²) in [6, 6.07) is 3.89. The lowest BCUT2D eigenvalue weighted by atomic mass is 10.2. The quantitative estimate of drug-likeness (QED) is 0.239. The second-order valence-corrected chi connectivity index (χ2v) is 8.81. The Labute approximate surface area is 208 Å². The second-order valence-electron chi connectivity index (χ2n) is 7.04. The van der Waals surface area contributed by atoms with Crippen molar-refractivity contribution in [2.45, 2.75) is 6.61 Å². The molecule has 0 saturated carbocycles. The summed E-state index contributed by atoms with van der Waals surface area (Å²) in [6.45, 7) is -0.268. The fourth-order valence-corrected chi connectivity index (χ4v) is 4.78. The molecule has 0 aliphatic carbocycles. The highest BCUT2D eigenvalue weighted by atomic mass is 32.1. The monoisotopic (exact) mass is 535 g/mol. The highest BCUT2D eigenvalue weighted by molar-refractivity contribution is 7.16. The number of amides is 2. The number of thiazole rings is 1. The molecule has 14 heteroatoms. The summed E-state index contributed by atoms with van der Waals surface area (Å²) in [5.74, 6) is -4.52. The van der Waals surface area contributed by atoms with Crippen molar-refractivity contribution in [1.29, 1.82) is 0 Å². The predicted octanol–water partition coefficient (Wildman–Crippen LogP) is 5.26. The molecule has 2 aromatic heterocycles. The Hall–Kier alpha value is -4.30. The summed E-state index contributed by atoms with van der Waals surface area (Å²) in [4.78, 5) is 38.8. The van der Waals surface area contributed by atoms with E-state index in [0.717, 1.165) is 22.2 Å². The molecule has 0 radical (unpaired) electrons. The molecule has 2 amide bonds. The number of aromatic carboxylic acids is 2. The molecule has 0 atom stereocenters. The number of benzene rings is 2. The maximum Gasteiger partial charge on any atom is 0.346 e. The number of nitrogens with one attached hydrogen (secondary N) is 2. The van der Waals surface area contributed by atoms with Crippen molar-refractivity contribution in [1.82, 2.24) is 4.98 Å². The molecule has 2 aromatic carbocycles. The zero-order valence-electron chi connectivity index (χ0n) is 18.1. The van der Waals surface area contributed by atoms with E-state index in [-0.39, 0.29) is 35.0 Å². The Morgan fingerprint density at radius 3 is 2.44 bits per heavy atom. The van der Waals surface area contributed by atoms with Gasteiger partial charge in [-0.3, -0.25) is 0 Å². The third-order valence-electron chi connectivity index (χ3n) is 4.87. The average Bonchev–Trinajstić information content (AvgIpc) is 3.47. The van der Waals surface area contributed by atoms with Crippen molar-refractivity contribution < 1.29 is 42.9 Å². The van der Waals surface area contributed by atoms with Crippen LogP contribution in [0.2, 0.25) is 0 Å². The van der Waals surface area contributed by atoms with Gasteiger partial charge in [-0.1, -0.05) is 0 Å². The summed E-state index contributed by atoms with van der Waals surface area (Å²) < 4.78 is 40.5. The van der Waals surface area contributed by atoms with Gasteiger partial charge in [0.2, 0.25) is 0 Å². The van der Waals surface area contributed by atoms with E-state index in [1.54, 1.807) is 11.6 Å². The van der Waals surface area contributed by atoms with Crippen LogP contribution >= 0.6 is 22.7 Å². The second kappa shape index (κ2) is 10.1. The van der Waals surface area contributed by atoms with E-state index in [4.69, 9.17) is 14.6 Å². The Morgan fingerprint density at radius 2 is 1.75 bits per heavy atom. The van der Waals surface area contributed by atoms with E-state index in [0.29, 0.717) is 16.9 Å². The van der Waals surface area contributed by atoms with E-state index in [2.05, 4.69) is 15.6 Å². The molecule has 36 heavy (non-hydrogen) atoms. The molecule has 2 heterocycles. The lowest BCUT2D eigenvalue weighted by Gasteiger charge is -2.15. The molecule has 0 bridgehead atoms. The van der Waals surface area contributed by atoms with Crippen LogP contribution < -0.4 is 20.1 Å². The Morgan fingerprint density at radius 1 is 1.00 bits per heavy atom. The maximum atomic E-state index is 14.6. The zero-order chi connectivity index (χ0) is 26.0. The van der Waals surface area contributed by atoms with Crippen molar-refractivity contribution in [2.75, 3.05) is 17.7 Å². The largest absolute Gasteiger partial charge is 0.493 e. The number of hydrogen-bond donors (Lipinski definition) is 4. The summed E-state index contributed by atoms with van der Waals surface area (Å²) in [5.41, 5.74) is 0.917. The van der Waals surface area contributed by atoms with Crippen LogP contribution in [-0.4, -0.2) is 40.3 Å². The number of nitrogens with zero attached hydrogens (tertiary/aromatic N) is 1. The number of carboxylic acid groups (broad SMARTS) is 2. The predicted molar refractivity (Wildman–Crippen MR) is 128 cm³/mol. The highest BCUT2D eigenvalue weighted by Crippen LogP contribution is 2.35. The van der Waals surface area contributed by atoms with Crippen LogP contribution in [0.5, 0.6) is 11.5 Å². The molecule has 0 fully saturated rings. The average molecular weight is 536 g/mol. The van der Waals surface area contributed by atoms with E-state index < -0.39 is 40.0 Å². The number of methoxy groups -OCH3 is 1. The van der Waals surface area contributed by atoms with Crippen molar-refractivity contribution >= 4 is 62.2 Å². The van der Waals surface area contributed by atoms with Gasteiger partial charge in [-0.25, -0.2) is 28.1 Å². The van der Waals surface area contributed by atoms with Gasteiger partial charge in [0.15, 0.2) is 17.3 Å². The fourth-order valence-electron chi connectivity index (χ4n) is 3.25. The minimum atomic E-state index is -1.56. The van der Waals surface area contributed by atoms with Crippen molar-refractivity contribution in [3.05, 3.63) is 62.8 Å². The van der Waals surface area contributed by atoms with Crippen LogP contribution in [0.15, 0.2) is 35.2 Å². The molecule has 0 aliphatic heterocycles. The Balaban J connectivity index is 1.56. The van der Waals surface area contributed by atoms with Crippen LogP contribution in [0.4, 0.5) is 25.0 Å². The lowest BCUT2D eigenvalue weighted by Crippen LogP contribution is -2.21. The van der Waals surface area contributed by atoms with E-state index in [1.165, 1.54) is 24.5 Å². The smallest absolute Gasteiger partial charge is 0.346 e. The minimum absolute atomic E-state index is 0.0178. The van der Waals surface area contributed by atoms with Gasteiger partial charge < -0.3 is 30.3 Å². The first-order valence-corrected chi connectivity index (χ1v) is 11.6. The van der Waals surface area contributed by atoms with E-state index in [1.807, 2.05) is 0 Å². The number of rotatable bonds is 8. The number of anilines is 2. The van der Waals surface area contributed by atoms with Gasteiger partial charge in [-0.2, -0.15) is 0 Å². The number of carboxylic acids is 2. The first-order chi connectivity index (χ1) is 17.2. The topological polar surface area (TPSA) is 147 Å². The van der Waals surface area contributed by atoms with Gasteiger partial charge in [0.1, 0.15) is 22.9 Å². The standard InChI is InChI=1S/C22H15F2N3O7S2/c1-33-14-4-11(24)12(26-22(32)27-13-7-35-19(21(30)31)17(13)20(28)29)5-15(14)34-6-9-10(23)2-3-16-18(9)25-8-36-16/h2-5,7-8H,6H2,1H3,(H,28,29)(H,30,31)(H2,26,27,32). The third-order valence-corrected chi connectivity index (χ3v) is 6.63. The van der Waals surface area contributed by atoms with Gasteiger partial charge in [-0.15, -0.1) is 22.7 Å². The lowest BCUT2D eigenvalue weighted by molar-refractivity contribution is 0.0657. The maximum absolute atomic E-state index is 14.6. The molecule has 0 spiro atoms. The normalized spacial score (nSPS) is 10.8. The zero-order valence-corrected chi connectivity index (χ0v) is 19.8. The number of hydrogen-bond acceptors (Lipinski definition) is 8. The van der Waals surface area contributed by atoms with Crippen LogP contribution in [0.1, 0.15) is 25.6 Å². The molecular weight excluding hydrogens is 520 g/mol. The Kier molecular flexibility index (Phi) is 6.98. The first-order valence-electron chi connectivity index (χ1n) is 9.86. The number of halogens is 2. The molecule has 4 rings (SSSR count). The number of ether oxygens (including phenoxy) is 2. The molecule has 0 saturated heterocycles. The van der Waals surface area contributed by atoms with Crippen molar-refractivity contribution in [3.63, 3.8) is 0 Å². The molecular formula is C22H15F2N3O7S2. The van der Waals surface area contributed by atoms with Crippen molar-refractivity contribution in [2.24, 2.45) is 0 Å². The van der Waals surface area contributed by atoms with Crippen LogP contribution in [0.25, 0.3) is 10.2 Å². The summed E-state index contributed by atoms with van der Waals surface area (Å²) in [5, 5.41) is 24.0. The number of aromatic nitrogens is 1. The number of thiophene rings is 1. The third kappa shape index (κ3) is 4.89. The van der Waals surface area contributed by atoms with E-state index in [9.17, 15) is 28.3 Å². The summed E-state index contributed by atoms with van der Waals surface area (Å²) in [7, 11) is 1.27. The van der Waals surface area contributed by atoms with Crippen LogP contribution in [0, 0.1) is 11.6 Å². The molecule has 4 aromatic rings. The Bertz CT molecular complexity index is 1500.